The Hall–Kier alpha value is -3.19. The van der Waals surface area contributed by atoms with Gasteiger partial charge in [-0.25, -0.2) is 4.98 Å². The Bertz CT molecular complexity index is 1090. The number of anilines is 1. The topological polar surface area (TPSA) is 83.2 Å². The van der Waals surface area contributed by atoms with Gasteiger partial charge in [0.25, 0.3) is 0 Å². The van der Waals surface area contributed by atoms with Gasteiger partial charge >= 0.3 is 0 Å². The van der Waals surface area contributed by atoms with Gasteiger partial charge in [-0.3, -0.25) is 9.97 Å². The first-order valence-corrected chi connectivity index (χ1v) is 8.68. The second-order valence-electron chi connectivity index (χ2n) is 5.65. The second-order valence-corrected chi connectivity index (χ2v) is 6.68. The van der Waals surface area contributed by atoms with E-state index in [2.05, 4.69) is 21.0 Å². The smallest absolute Gasteiger partial charge is 0.181 e. The zero-order valence-electron chi connectivity index (χ0n) is 14.3. The molecule has 0 radical (unpaired) electrons. The molecule has 0 spiro atoms. The maximum absolute atomic E-state index is 5.96. The van der Waals surface area contributed by atoms with Crippen molar-refractivity contribution in [2.24, 2.45) is 0 Å². The predicted molar refractivity (Wildman–Crippen MR) is 104 cm³/mol. The minimum atomic E-state index is 0.526. The van der Waals surface area contributed by atoms with E-state index in [1.165, 1.54) is 11.3 Å². The molecule has 0 saturated heterocycles. The van der Waals surface area contributed by atoms with E-state index in [-0.39, 0.29) is 0 Å². The lowest BCUT2D eigenvalue weighted by atomic mass is 10.00. The molecule has 2 N–H and O–H groups in total. The normalized spacial score (nSPS) is 10.8. The fraction of sp³-hybridized carbons (Fsp3) is 0.105. The van der Waals surface area contributed by atoms with Crippen molar-refractivity contribution in [3.8, 4) is 33.8 Å². The number of hydrogen-bond donors (Lipinski definition) is 1. The Morgan fingerprint density at radius 1 is 0.808 bits per heavy atom. The lowest BCUT2D eigenvalue weighted by Crippen LogP contribution is -1.89. The molecule has 0 aliphatic carbocycles. The highest BCUT2D eigenvalue weighted by Gasteiger charge is 2.13. The molecule has 0 unspecified atom stereocenters. The zero-order valence-corrected chi connectivity index (χ0v) is 15.1. The Labute approximate surface area is 154 Å². The fourth-order valence-electron chi connectivity index (χ4n) is 2.80. The van der Waals surface area contributed by atoms with Crippen LogP contribution in [0.2, 0.25) is 0 Å². The molecule has 4 rings (SSSR count). The van der Waals surface area contributed by atoms with E-state index in [1.54, 1.807) is 39.0 Å². The van der Waals surface area contributed by atoms with Gasteiger partial charge in [-0.1, -0.05) is 11.3 Å². The number of pyridine rings is 2. The van der Waals surface area contributed by atoms with Gasteiger partial charge < -0.3 is 15.2 Å². The first-order chi connectivity index (χ1) is 12.7. The molecule has 7 heteroatoms. The highest BCUT2D eigenvalue weighted by molar-refractivity contribution is 7.22. The van der Waals surface area contributed by atoms with Gasteiger partial charge in [-0.2, -0.15) is 0 Å². The average molecular weight is 364 g/mol. The highest BCUT2D eigenvalue weighted by Crippen LogP contribution is 2.38. The van der Waals surface area contributed by atoms with Crippen LogP contribution in [-0.4, -0.2) is 29.2 Å². The van der Waals surface area contributed by atoms with Crippen molar-refractivity contribution in [1.29, 1.82) is 0 Å². The number of nitrogens with two attached hydrogens (primary N) is 1. The molecule has 0 bridgehead atoms. The number of methoxy groups -OCH3 is 2. The molecule has 0 fully saturated rings. The van der Waals surface area contributed by atoms with Crippen molar-refractivity contribution in [2.75, 3.05) is 20.0 Å². The fourth-order valence-corrected chi connectivity index (χ4v) is 3.65. The summed E-state index contributed by atoms with van der Waals surface area (Å²) in [5.74, 6) is 1.39. The first kappa shape index (κ1) is 16.3. The van der Waals surface area contributed by atoms with Gasteiger partial charge in [0.2, 0.25) is 0 Å². The van der Waals surface area contributed by atoms with E-state index >= 15 is 0 Å². The average Bonchev–Trinajstić information content (AvgIpc) is 3.07. The molecule has 26 heavy (non-hydrogen) atoms. The molecule has 3 heterocycles. The van der Waals surface area contributed by atoms with E-state index in [1.807, 2.05) is 18.2 Å². The van der Waals surface area contributed by atoms with Crippen LogP contribution >= 0.6 is 11.3 Å². The summed E-state index contributed by atoms with van der Waals surface area (Å²) in [4.78, 5) is 13.0. The minimum absolute atomic E-state index is 0.526. The van der Waals surface area contributed by atoms with Gasteiger partial charge in [0.05, 0.1) is 36.8 Å². The van der Waals surface area contributed by atoms with Gasteiger partial charge in [0, 0.05) is 29.1 Å². The van der Waals surface area contributed by atoms with Gasteiger partial charge in [-0.15, -0.1) is 0 Å². The third-order valence-corrected chi connectivity index (χ3v) is 4.98. The van der Waals surface area contributed by atoms with Crippen molar-refractivity contribution < 1.29 is 9.47 Å². The van der Waals surface area contributed by atoms with E-state index in [0.717, 1.165) is 32.5 Å². The highest BCUT2D eigenvalue weighted by atomic mass is 32.1. The van der Waals surface area contributed by atoms with Crippen LogP contribution in [0.25, 0.3) is 32.5 Å². The van der Waals surface area contributed by atoms with Crippen molar-refractivity contribution >= 4 is 26.7 Å². The summed E-state index contributed by atoms with van der Waals surface area (Å²) in [6.45, 7) is 0. The second kappa shape index (κ2) is 6.61. The molecular weight excluding hydrogens is 348 g/mol. The third kappa shape index (κ3) is 2.93. The molecule has 3 aromatic heterocycles. The van der Waals surface area contributed by atoms with Crippen molar-refractivity contribution in [2.45, 2.75) is 0 Å². The van der Waals surface area contributed by atoms with Gasteiger partial charge in [0.15, 0.2) is 5.13 Å². The van der Waals surface area contributed by atoms with Crippen LogP contribution in [0.4, 0.5) is 5.13 Å². The summed E-state index contributed by atoms with van der Waals surface area (Å²) < 4.78 is 11.6. The van der Waals surface area contributed by atoms with Crippen molar-refractivity contribution in [1.82, 2.24) is 15.0 Å². The summed E-state index contributed by atoms with van der Waals surface area (Å²) >= 11 is 1.46. The Kier molecular flexibility index (Phi) is 4.14. The maximum atomic E-state index is 5.96. The Balaban J connectivity index is 1.96. The zero-order chi connectivity index (χ0) is 18.1. The van der Waals surface area contributed by atoms with Crippen LogP contribution in [0.3, 0.4) is 0 Å². The molecule has 0 aliphatic rings. The van der Waals surface area contributed by atoms with Crippen LogP contribution in [0, 0.1) is 0 Å². The SMILES string of the molecule is COc1cncc(-c2cc(-c3cncc(OC)c3)c3sc(N)nc3c2)c1. The van der Waals surface area contributed by atoms with E-state index in [4.69, 9.17) is 15.2 Å². The summed E-state index contributed by atoms with van der Waals surface area (Å²) in [5, 5.41) is 0.526. The summed E-state index contributed by atoms with van der Waals surface area (Å²) in [7, 11) is 3.25. The Morgan fingerprint density at radius 2 is 1.46 bits per heavy atom. The minimum Gasteiger partial charge on any atom is -0.495 e. The van der Waals surface area contributed by atoms with Crippen LogP contribution in [0.15, 0.2) is 49.1 Å². The predicted octanol–water partition coefficient (Wildman–Crippen LogP) is 4.02. The van der Waals surface area contributed by atoms with Crippen LogP contribution in [-0.2, 0) is 0 Å². The molecule has 0 atom stereocenters. The largest absolute Gasteiger partial charge is 0.495 e. The lowest BCUT2D eigenvalue weighted by Gasteiger charge is -2.09. The molecule has 4 aromatic rings. The molecule has 0 amide bonds. The summed E-state index contributed by atoms with van der Waals surface area (Å²) in [5.41, 5.74) is 10.7. The molecule has 130 valence electrons. The number of aromatic nitrogens is 3. The third-order valence-electron chi connectivity index (χ3n) is 4.05. The maximum Gasteiger partial charge on any atom is 0.181 e. The molecule has 6 nitrogen and oxygen atoms in total. The van der Waals surface area contributed by atoms with Gasteiger partial charge in [0.1, 0.15) is 11.5 Å². The van der Waals surface area contributed by atoms with Crippen LogP contribution < -0.4 is 15.2 Å². The number of rotatable bonds is 4. The number of nitrogen functional groups attached to an aromatic ring is 1. The summed E-state index contributed by atoms with van der Waals surface area (Å²) in [6.07, 6.45) is 6.96. The van der Waals surface area contributed by atoms with Crippen molar-refractivity contribution in [3.05, 3.63) is 49.1 Å². The number of fused-ring (bicyclic) bond motifs is 1. The molecule has 0 saturated carbocycles. The van der Waals surface area contributed by atoms with Crippen LogP contribution in [0.1, 0.15) is 0 Å². The lowest BCUT2D eigenvalue weighted by molar-refractivity contribution is 0.413. The standard InChI is InChI=1S/C19H16N4O2S/c1-24-14-3-12(7-21-9-14)11-5-16(13-4-15(25-2)10-22-8-13)18-17(6-11)23-19(20)26-18/h3-10H,1-2H3,(H2,20,23). The van der Waals surface area contributed by atoms with E-state index < -0.39 is 0 Å². The Morgan fingerprint density at radius 3 is 2.15 bits per heavy atom. The number of hydrogen-bond acceptors (Lipinski definition) is 7. The quantitative estimate of drug-likeness (QED) is 0.589. The van der Waals surface area contributed by atoms with E-state index in [0.29, 0.717) is 16.6 Å². The van der Waals surface area contributed by atoms with Crippen molar-refractivity contribution in [3.63, 3.8) is 0 Å². The van der Waals surface area contributed by atoms with Gasteiger partial charge in [-0.05, 0) is 29.8 Å². The van der Waals surface area contributed by atoms with E-state index in [9.17, 15) is 0 Å². The first-order valence-electron chi connectivity index (χ1n) is 7.87. The number of nitrogens with zero attached hydrogens (tertiary/aromatic N) is 3. The number of ether oxygens (including phenoxy) is 2. The monoisotopic (exact) mass is 364 g/mol. The molecule has 0 aliphatic heterocycles. The molecule has 1 aromatic carbocycles. The molecular formula is C19H16N4O2S. The van der Waals surface area contributed by atoms with Crippen LogP contribution in [0.5, 0.6) is 11.5 Å². The summed E-state index contributed by atoms with van der Waals surface area (Å²) in [6, 6.07) is 7.99. The number of thiazole rings is 1. The number of benzene rings is 1.